The van der Waals surface area contributed by atoms with Crippen LogP contribution in [0.3, 0.4) is 0 Å². The van der Waals surface area contributed by atoms with Crippen molar-refractivity contribution in [3.8, 4) is 0 Å². The van der Waals surface area contributed by atoms with Crippen molar-refractivity contribution in [2.45, 2.75) is 116 Å². The summed E-state index contributed by atoms with van der Waals surface area (Å²) in [4.78, 5) is 0. The van der Waals surface area contributed by atoms with Gasteiger partial charge in [0.05, 0.1) is 0 Å². The average molecular weight is 319 g/mol. The largest absolute Gasteiger partial charge is 0.167 e. The molecule has 0 saturated heterocycles. The molecule has 0 aliphatic carbocycles. The Balaban J connectivity index is 3.98. The van der Waals surface area contributed by atoms with Crippen molar-refractivity contribution in [2.75, 3.05) is 0 Å². The normalized spacial score (nSPS) is 12.0. The lowest BCUT2D eigenvalue weighted by molar-refractivity contribution is 0.670. The summed E-state index contributed by atoms with van der Waals surface area (Å²) in [6.45, 7) is 6.88. The second-order valence-corrected chi connectivity index (χ2v) is 12.8. The van der Waals surface area contributed by atoms with Gasteiger partial charge in [-0.1, -0.05) is 97.8 Å². The first-order valence-corrected chi connectivity index (χ1v) is 13.0. The minimum atomic E-state index is -1.43. The molecule has 0 unspecified atom stereocenters. The molecule has 0 aliphatic heterocycles. The Bertz CT molecular complexity index is 163. The summed E-state index contributed by atoms with van der Waals surface area (Å²) in [6.07, 6.45) is 16.6. The van der Waals surface area contributed by atoms with Gasteiger partial charge in [0, 0.05) is 0 Å². The molecule has 2 heteroatoms. The van der Waals surface area contributed by atoms with Crippen LogP contribution in [0.1, 0.15) is 97.8 Å². The van der Waals surface area contributed by atoms with E-state index in [9.17, 15) is 0 Å². The van der Waals surface area contributed by atoms with E-state index in [0.29, 0.717) is 0 Å². The van der Waals surface area contributed by atoms with Crippen LogP contribution in [0.5, 0.6) is 0 Å². The summed E-state index contributed by atoms with van der Waals surface area (Å²) in [5.41, 5.74) is 0. The lowest BCUT2D eigenvalue weighted by atomic mass is 10.2. The molecule has 0 N–H and O–H groups in total. The highest BCUT2D eigenvalue weighted by Gasteiger charge is 2.28. The second-order valence-electron chi connectivity index (χ2n) is 6.58. The molecule has 0 aromatic rings. The summed E-state index contributed by atoms with van der Waals surface area (Å²) in [5.74, 6) is 0. The summed E-state index contributed by atoms with van der Waals surface area (Å²) in [6, 6.07) is 4.15. The SMILES string of the molecule is CCCCCC[Si](Cl)(CCCCCC)CCCCCC. The summed E-state index contributed by atoms with van der Waals surface area (Å²) in [7, 11) is -1.43. The lowest BCUT2D eigenvalue weighted by Gasteiger charge is -2.25. The molecule has 0 aromatic heterocycles. The summed E-state index contributed by atoms with van der Waals surface area (Å²) in [5, 5.41) is 0. The van der Waals surface area contributed by atoms with Gasteiger partial charge >= 0.3 is 0 Å². The Morgan fingerprint density at radius 3 is 1.05 bits per heavy atom. The maximum atomic E-state index is 7.11. The Labute approximate surface area is 134 Å². The zero-order chi connectivity index (χ0) is 15.1. The third-order valence-electron chi connectivity index (χ3n) is 4.44. The molecule has 0 bridgehead atoms. The van der Waals surface area contributed by atoms with Crippen molar-refractivity contribution in [3.05, 3.63) is 0 Å². The summed E-state index contributed by atoms with van der Waals surface area (Å²) < 4.78 is 0. The van der Waals surface area contributed by atoms with Crippen LogP contribution in [0.25, 0.3) is 0 Å². The fourth-order valence-corrected chi connectivity index (χ4v) is 7.58. The van der Waals surface area contributed by atoms with Gasteiger partial charge in [-0.15, -0.1) is 0 Å². The molecule has 0 nitrogen and oxygen atoms in total. The quantitative estimate of drug-likeness (QED) is 0.163. The smallest absolute Gasteiger partial charge is 0.156 e. The highest BCUT2D eigenvalue weighted by molar-refractivity contribution is 7.20. The van der Waals surface area contributed by atoms with E-state index in [2.05, 4.69) is 20.8 Å². The molecule has 0 fully saturated rings. The van der Waals surface area contributed by atoms with Gasteiger partial charge in [-0.3, -0.25) is 0 Å². The van der Waals surface area contributed by atoms with Crippen molar-refractivity contribution < 1.29 is 0 Å². The maximum absolute atomic E-state index is 7.11. The van der Waals surface area contributed by atoms with Crippen LogP contribution in [0, 0.1) is 0 Å². The number of hydrogen-bond acceptors (Lipinski definition) is 0. The molecule has 0 atom stereocenters. The fourth-order valence-electron chi connectivity index (χ4n) is 2.98. The first kappa shape index (κ1) is 20.5. The van der Waals surface area contributed by atoms with E-state index in [1.165, 1.54) is 95.2 Å². The van der Waals surface area contributed by atoms with Crippen LogP contribution in [0.15, 0.2) is 0 Å². The van der Waals surface area contributed by atoms with Gasteiger partial charge in [0.2, 0.25) is 0 Å². The maximum Gasteiger partial charge on any atom is 0.156 e. The molecule has 0 aliphatic rings. The lowest BCUT2D eigenvalue weighted by Crippen LogP contribution is -2.26. The standard InChI is InChI=1S/C18H39ClSi/c1-4-7-10-13-16-20(19,17-14-11-8-5-2)18-15-12-9-6-3/h4-18H2,1-3H3. The van der Waals surface area contributed by atoms with E-state index in [4.69, 9.17) is 11.1 Å². The molecule has 0 spiro atoms. The van der Waals surface area contributed by atoms with E-state index in [0.717, 1.165) is 0 Å². The first-order valence-electron chi connectivity index (χ1n) is 9.37. The third kappa shape index (κ3) is 12.3. The first-order chi connectivity index (χ1) is 9.68. The average Bonchev–Trinajstić information content (AvgIpc) is 2.45. The van der Waals surface area contributed by atoms with Crippen molar-refractivity contribution >= 4 is 18.5 Å². The van der Waals surface area contributed by atoms with Crippen molar-refractivity contribution in [1.29, 1.82) is 0 Å². The second kappa shape index (κ2) is 14.4. The van der Waals surface area contributed by atoms with Crippen LogP contribution in [-0.2, 0) is 0 Å². The topological polar surface area (TPSA) is 0 Å². The van der Waals surface area contributed by atoms with E-state index in [1.807, 2.05) is 0 Å². The third-order valence-corrected chi connectivity index (χ3v) is 9.88. The minimum Gasteiger partial charge on any atom is -0.167 e. The molecular weight excluding hydrogens is 280 g/mol. The molecule has 0 rings (SSSR count). The van der Waals surface area contributed by atoms with Gasteiger partial charge in [-0.2, -0.15) is 11.1 Å². The Hall–Kier alpha value is 0.507. The van der Waals surface area contributed by atoms with E-state index < -0.39 is 7.38 Å². The van der Waals surface area contributed by atoms with Gasteiger partial charge in [-0.05, 0) is 18.1 Å². The monoisotopic (exact) mass is 318 g/mol. The zero-order valence-electron chi connectivity index (χ0n) is 14.5. The molecular formula is C18H39ClSi. The van der Waals surface area contributed by atoms with Crippen LogP contribution in [0.4, 0.5) is 0 Å². The fraction of sp³-hybridized carbons (Fsp3) is 1.00. The van der Waals surface area contributed by atoms with Gasteiger partial charge in [-0.25, -0.2) is 0 Å². The van der Waals surface area contributed by atoms with Gasteiger partial charge in [0.1, 0.15) is 0 Å². The van der Waals surface area contributed by atoms with Crippen LogP contribution >= 0.6 is 11.1 Å². The highest BCUT2D eigenvalue weighted by Crippen LogP contribution is 2.32. The number of hydrogen-bond donors (Lipinski definition) is 0. The predicted molar refractivity (Wildman–Crippen MR) is 98.5 cm³/mol. The van der Waals surface area contributed by atoms with Gasteiger partial charge < -0.3 is 0 Å². The Morgan fingerprint density at radius 1 is 0.500 bits per heavy atom. The number of unbranched alkanes of at least 4 members (excludes halogenated alkanes) is 9. The van der Waals surface area contributed by atoms with Crippen LogP contribution < -0.4 is 0 Å². The molecule has 0 radical (unpaired) electrons. The predicted octanol–water partition coefficient (Wildman–Crippen LogP) is 7.91. The minimum absolute atomic E-state index is 1.34. The Morgan fingerprint density at radius 2 is 0.800 bits per heavy atom. The zero-order valence-corrected chi connectivity index (χ0v) is 16.2. The molecule has 0 amide bonds. The molecule has 0 saturated carbocycles. The Kier molecular flexibility index (Phi) is 14.8. The van der Waals surface area contributed by atoms with Crippen molar-refractivity contribution in [2.24, 2.45) is 0 Å². The van der Waals surface area contributed by atoms with Gasteiger partial charge in [0.15, 0.2) is 7.38 Å². The van der Waals surface area contributed by atoms with Crippen LogP contribution in [0.2, 0.25) is 18.1 Å². The molecule has 0 aromatic carbocycles. The van der Waals surface area contributed by atoms with Crippen molar-refractivity contribution in [1.82, 2.24) is 0 Å². The molecule has 122 valence electrons. The molecule has 0 heterocycles. The van der Waals surface area contributed by atoms with Crippen LogP contribution in [-0.4, -0.2) is 7.38 Å². The summed E-state index contributed by atoms with van der Waals surface area (Å²) >= 11 is 7.11. The number of halogens is 1. The van der Waals surface area contributed by atoms with E-state index in [1.54, 1.807) is 0 Å². The highest BCUT2D eigenvalue weighted by atomic mass is 35.6. The van der Waals surface area contributed by atoms with Crippen molar-refractivity contribution in [3.63, 3.8) is 0 Å². The van der Waals surface area contributed by atoms with E-state index >= 15 is 0 Å². The number of rotatable bonds is 15. The van der Waals surface area contributed by atoms with E-state index in [-0.39, 0.29) is 0 Å². The molecule has 20 heavy (non-hydrogen) atoms. The van der Waals surface area contributed by atoms with Gasteiger partial charge in [0.25, 0.3) is 0 Å².